The van der Waals surface area contributed by atoms with Crippen LogP contribution in [0.4, 0.5) is 0 Å². The van der Waals surface area contributed by atoms with Gasteiger partial charge in [-0.15, -0.1) is 0 Å². The van der Waals surface area contributed by atoms with Crippen molar-refractivity contribution in [3.8, 4) is 0 Å². The molecule has 2 nitrogen and oxygen atoms in total. The van der Waals surface area contributed by atoms with Gasteiger partial charge in [0.05, 0.1) is 6.61 Å². The molecular weight excluding hydrogens is 524 g/mol. The van der Waals surface area contributed by atoms with Crippen LogP contribution in [0.5, 0.6) is 0 Å². The van der Waals surface area contributed by atoms with Crippen molar-refractivity contribution >= 4 is 5.97 Å². The van der Waals surface area contributed by atoms with Gasteiger partial charge in [-0.3, -0.25) is 4.79 Å². The third-order valence-corrected chi connectivity index (χ3v) is 14.5. The van der Waals surface area contributed by atoms with Crippen molar-refractivity contribution in [1.82, 2.24) is 0 Å². The summed E-state index contributed by atoms with van der Waals surface area (Å²) in [6.45, 7) is 15.7. The summed E-state index contributed by atoms with van der Waals surface area (Å²) >= 11 is 0. The first-order chi connectivity index (χ1) is 20.7. The molecular formula is C41H74O2. The molecule has 0 bridgehead atoms. The smallest absolute Gasteiger partial charge is 0.305 e. The molecule has 3 unspecified atom stereocenters. The third-order valence-electron chi connectivity index (χ3n) is 14.5. The van der Waals surface area contributed by atoms with E-state index in [2.05, 4.69) is 41.5 Å². The summed E-state index contributed by atoms with van der Waals surface area (Å²) in [7, 11) is 0. The number of rotatable bonds is 18. The maximum absolute atomic E-state index is 12.4. The van der Waals surface area contributed by atoms with Crippen LogP contribution in [-0.4, -0.2) is 12.6 Å². The summed E-state index contributed by atoms with van der Waals surface area (Å²) in [4.78, 5) is 12.4. The topological polar surface area (TPSA) is 26.3 Å². The minimum atomic E-state index is 0.0375. The van der Waals surface area contributed by atoms with E-state index in [4.69, 9.17) is 4.74 Å². The van der Waals surface area contributed by atoms with Crippen LogP contribution in [0.1, 0.15) is 189 Å². The van der Waals surface area contributed by atoms with Gasteiger partial charge in [-0.05, 0) is 129 Å². The highest BCUT2D eigenvalue weighted by molar-refractivity contribution is 5.69. The van der Waals surface area contributed by atoms with Crippen LogP contribution in [0.3, 0.4) is 0 Å². The standard InChI is InChI=1S/C41H74O2/c1-7-8-9-10-11-12-13-14-15-19-39(42)43-30-27-33(31(2)3)21-20-32(4)36-24-25-37-35-23-22-34-18-16-17-28-40(34,5)38(35)26-29-41(36,37)6/h31-38H,7-30H2,1-6H3/t32?,33?,34?,35-,36+,37-,38-,40-,41+/m0/s1. The Labute approximate surface area is 269 Å². The lowest BCUT2D eigenvalue weighted by Crippen LogP contribution is -2.53. The van der Waals surface area contributed by atoms with Gasteiger partial charge in [0.15, 0.2) is 0 Å². The Hall–Kier alpha value is -0.530. The Balaban J connectivity index is 1.16. The zero-order chi connectivity index (χ0) is 30.9. The predicted octanol–water partition coefficient (Wildman–Crippen LogP) is 12.6. The molecule has 4 aliphatic rings. The summed E-state index contributed by atoms with van der Waals surface area (Å²) in [6.07, 6.45) is 31.0. The van der Waals surface area contributed by atoms with Gasteiger partial charge in [0.1, 0.15) is 0 Å². The number of carbonyl (C=O) groups is 1. The summed E-state index contributed by atoms with van der Waals surface area (Å²) in [5, 5.41) is 0. The van der Waals surface area contributed by atoms with Crippen LogP contribution in [-0.2, 0) is 9.53 Å². The van der Waals surface area contributed by atoms with E-state index in [0.717, 1.165) is 48.3 Å². The van der Waals surface area contributed by atoms with Crippen molar-refractivity contribution in [2.45, 2.75) is 189 Å². The van der Waals surface area contributed by atoms with Crippen molar-refractivity contribution in [3.63, 3.8) is 0 Å². The Morgan fingerprint density at radius 2 is 1.42 bits per heavy atom. The summed E-state index contributed by atoms with van der Waals surface area (Å²) < 4.78 is 5.75. The Bertz CT molecular complexity index is 819. The molecule has 43 heavy (non-hydrogen) atoms. The zero-order valence-electron chi connectivity index (χ0n) is 29.9. The lowest BCUT2D eigenvalue weighted by molar-refractivity contribution is -0.144. The van der Waals surface area contributed by atoms with Gasteiger partial charge in [-0.1, -0.05) is 112 Å². The van der Waals surface area contributed by atoms with Crippen molar-refractivity contribution < 1.29 is 9.53 Å². The summed E-state index contributed by atoms with van der Waals surface area (Å²) in [5.74, 6) is 7.17. The number of ether oxygens (including phenoxy) is 1. The monoisotopic (exact) mass is 599 g/mol. The van der Waals surface area contributed by atoms with Crippen LogP contribution in [0.2, 0.25) is 0 Å². The average Bonchev–Trinajstić information content (AvgIpc) is 3.34. The SMILES string of the molecule is CCCCCCCCCCCC(=O)OCCC(CCC(C)[C@H]1CC[C@H]2[C@@H]3CCC4CCCC[C@]4(C)[C@H]3CC[C@]12C)C(C)C. The van der Waals surface area contributed by atoms with Crippen molar-refractivity contribution in [2.75, 3.05) is 6.61 Å². The largest absolute Gasteiger partial charge is 0.466 e. The highest BCUT2D eigenvalue weighted by atomic mass is 16.5. The molecule has 0 aromatic rings. The van der Waals surface area contributed by atoms with Crippen molar-refractivity contribution in [2.24, 2.45) is 58.2 Å². The molecule has 4 fully saturated rings. The number of fused-ring (bicyclic) bond motifs is 5. The molecule has 0 aromatic carbocycles. The fourth-order valence-electron chi connectivity index (χ4n) is 11.7. The average molecular weight is 599 g/mol. The lowest BCUT2D eigenvalue weighted by Gasteiger charge is -2.61. The fraction of sp³-hybridized carbons (Fsp3) is 0.976. The molecule has 4 aliphatic carbocycles. The molecule has 0 aromatic heterocycles. The summed E-state index contributed by atoms with van der Waals surface area (Å²) in [5.41, 5.74) is 1.24. The van der Waals surface area contributed by atoms with E-state index in [9.17, 15) is 4.79 Å². The molecule has 0 radical (unpaired) electrons. The predicted molar refractivity (Wildman–Crippen MR) is 184 cm³/mol. The first kappa shape index (κ1) is 35.3. The van der Waals surface area contributed by atoms with E-state index in [-0.39, 0.29) is 5.97 Å². The van der Waals surface area contributed by atoms with E-state index >= 15 is 0 Å². The minimum absolute atomic E-state index is 0.0375. The van der Waals surface area contributed by atoms with Gasteiger partial charge < -0.3 is 4.74 Å². The fourth-order valence-corrected chi connectivity index (χ4v) is 11.7. The lowest BCUT2D eigenvalue weighted by atomic mass is 9.44. The molecule has 0 saturated heterocycles. The first-order valence-corrected chi connectivity index (χ1v) is 19.9. The molecule has 9 atom stereocenters. The van der Waals surface area contributed by atoms with E-state index in [0.29, 0.717) is 35.7 Å². The van der Waals surface area contributed by atoms with E-state index in [1.165, 1.54) is 122 Å². The highest BCUT2D eigenvalue weighted by Crippen LogP contribution is 2.68. The van der Waals surface area contributed by atoms with Gasteiger partial charge in [0, 0.05) is 6.42 Å². The molecule has 0 N–H and O–H groups in total. The van der Waals surface area contributed by atoms with Gasteiger partial charge >= 0.3 is 5.97 Å². The highest BCUT2D eigenvalue weighted by Gasteiger charge is 2.60. The zero-order valence-corrected chi connectivity index (χ0v) is 29.9. The Kier molecular flexibility index (Phi) is 13.9. The van der Waals surface area contributed by atoms with Gasteiger partial charge in [0.2, 0.25) is 0 Å². The minimum Gasteiger partial charge on any atom is -0.466 e. The number of carbonyl (C=O) groups excluding carboxylic acids is 1. The third kappa shape index (κ3) is 8.84. The molecule has 2 heteroatoms. The molecule has 0 spiro atoms. The van der Waals surface area contributed by atoms with Crippen LogP contribution < -0.4 is 0 Å². The number of esters is 1. The number of hydrogen-bond donors (Lipinski definition) is 0. The first-order valence-electron chi connectivity index (χ1n) is 19.9. The second kappa shape index (κ2) is 16.9. The van der Waals surface area contributed by atoms with Crippen LogP contribution in [0.15, 0.2) is 0 Å². The Morgan fingerprint density at radius 3 is 2.14 bits per heavy atom. The maximum atomic E-state index is 12.4. The maximum Gasteiger partial charge on any atom is 0.305 e. The number of unbranched alkanes of at least 4 members (excludes halogenated alkanes) is 8. The molecule has 250 valence electrons. The second-order valence-electron chi connectivity index (χ2n) is 17.3. The van der Waals surface area contributed by atoms with Gasteiger partial charge in [-0.25, -0.2) is 0 Å². The van der Waals surface area contributed by atoms with Crippen LogP contribution >= 0.6 is 0 Å². The van der Waals surface area contributed by atoms with Gasteiger partial charge in [0.25, 0.3) is 0 Å². The molecule has 0 aliphatic heterocycles. The van der Waals surface area contributed by atoms with Crippen molar-refractivity contribution in [1.29, 1.82) is 0 Å². The van der Waals surface area contributed by atoms with Crippen LogP contribution in [0, 0.1) is 58.2 Å². The Morgan fingerprint density at radius 1 is 0.721 bits per heavy atom. The second-order valence-corrected chi connectivity index (χ2v) is 17.3. The van der Waals surface area contributed by atoms with E-state index < -0.39 is 0 Å². The molecule has 0 amide bonds. The van der Waals surface area contributed by atoms with Crippen molar-refractivity contribution in [3.05, 3.63) is 0 Å². The normalized spacial score (nSPS) is 35.2. The van der Waals surface area contributed by atoms with Gasteiger partial charge in [-0.2, -0.15) is 0 Å². The molecule has 0 heterocycles. The quantitative estimate of drug-likeness (QED) is 0.116. The van der Waals surface area contributed by atoms with Crippen LogP contribution in [0.25, 0.3) is 0 Å². The van der Waals surface area contributed by atoms with E-state index in [1.54, 1.807) is 6.42 Å². The molecule has 4 rings (SSSR count). The van der Waals surface area contributed by atoms with E-state index in [1.807, 2.05) is 0 Å². The summed E-state index contributed by atoms with van der Waals surface area (Å²) in [6, 6.07) is 0. The molecule has 4 saturated carbocycles. The number of hydrogen-bond acceptors (Lipinski definition) is 2.